The highest BCUT2D eigenvalue weighted by atomic mass is 16.5. The summed E-state index contributed by atoms with van der Waals surface area (Å²) < 4.78 is 9.24. The molecule has 8 heteroatoms. The van der Waals surface area contributed by atoms with Crippen LogP contribution in [0, 0.1) is 0 Å². The maximum Gasteiger partial charge on any atom is 0.329 e. The van der Waals surface area contributed by atoms with Crippen molar-refractivity contribution in [3.05, 3.63) is 0 Å². The van der Waals surface area contributed by atoms with Crippen LogP contribution < -0.4 is 10.6 Å². The third-order valence-corrected chi connectivity index (χ3v) is 1.53. The third kappa shape index (κ3) is 10.6. The highest BCUT2D eigenvalue weighted by Crippen LogP contribution is 1.76. The number of aliphatic carboxylic acids is 1. The molecule has 0 saturated heterocycles. The first kappa shape index (κ1) is 15.3. The summed E-state index contributed by atoms with van der Waals surface area (Å²) >= 11 is 0. The molecule has 0 rings (SSSR count). The van der Waals surface area contributed by atoms with E-state index in [9.17, 15) is 14.4 Å². The summed E-state index contributed by atoms with van der Waals surface area (Å²) in [4.78, 5) is 32.2. The number of carbonyl (C=O) groups excluding carboxylic acids is 2. The molecular weight excluding hydrogens is 232 g/mol. The zero-order valence-electron chi connectivity index (χ0n) is 9.52. The molecule has 0 atom stereocenters. The minimum atomic E-state index is -1.16. The van der Waals surface area contributed by atoms with Crippen molar-refractivity contribution in [1.82, 2.24) is 10.6 Å². The van der Waals surface area contributed by atoms with Crippen LogP contribution in [0.4, 0.5) is 0 Å². The van der Waals surface area contributed by atoms with E-state index in [1.165, 1.54) is 7.11 Å². The lowest BCUT2D eigenvalue weighted by Gasteiger charge is -2.06. The molecule has 3 N–H and O–H groups in total. The molecule has 0 fully saturated rings. The fourth-order valence-corrected chi connectivity index (χ4v) is 0.816. The molecule has 0 radical (unpaired) electrons. The maximum absolute atomic E-state index is 11.1. The summed E-state index contributed by atoms with van der Waals surface area (Å²) in [6.07, 6.45) is 0. The molecule has 0 heterocycles. The van der Waals surface area contributed by atoms with Gasteiger partial charge < -0.3 is 25.2 Å². The van der Waals surface area contributed by atoms with E-state index in [1.807, 2.05) is 0 Å². The van der Waals surface area contributed by atoms with Gasteiger partial charge in [-0.3, -0.25) is 9.59 Å². The van der Waals surface area contributed by atoms with Gasteiger partial charge in [-0.25, -0.2) is 4.79 Å². The van der Waals surface area contributed by atoms with Crippen molar-refractivity contribution in [3.63, 3.8) is 0 Å². The van der Waals surface area contributed by atoms with Crippen LogP contribution in [0.1, 0.15) is 0 Å². The molecule has 17 heavy (non-hydrogen) atoms. The predicted octanol–water partition coefficient (Wildman–Crippen LogP) is -2.03. The van der Waals surface area contributed by atoms with Gasteiger partial charge in [0.15, 0.2) is 0 Å². The van der Waals surface area contributed by atoms with Crippen LogP contribution in [0.25, 0.3) is 0 Å². The number of carboxylic acid groups (broad SMARTS) is 1. The average Bonchev–Trinajstić information content (AvgIpc) is 2.26. The van der Waals surface area contributed by atoms with Crippen LogP contribution in [0.3, 0.4) is 0 Å². The Morgan fingerprint density at radius 1 is 1.12 bits per heavy atom. The fourth-order valence-electron chi connectivity index (χ4n) is 0.816. The van der Waals surface area contributed by atoms with E-state index >= 15 is 0 Å². The lowest BCUT2D eigenvalue weighted by molar-refractivity contribution is -0.143. The smallest absolute Gasteiger partial charge is 0.329 e. The summed E-state index contributed by atoms with van der Waals surface area (Å²) in [5.74, 6) is -2.06. The van der Waals surface area contributed by atoms with E-state index in [0.717, 1.165) is 0 Å². The molecule has 8 nitrogen and oxygen atoms in total. The van der Waals surface area contributed by atoms with Gasteiger partial charge in [-0.2, -0.15) is 0 Å². The molecule has 98 valence electrons. The molecule has 0 spiro atoms. The van der Waals surface area contributed by atoms with Gasteiger partial charge in [0.25, 0.3) is 0 Å². The lowest BCUT2D eigenvalue weighted by atomic mass is 10.5. The highest BCUT2D eigenvalue weighted by molar-refractivity contribution is 5.85. The average molecular weight is 248 g/mol. The molecule has 0 saturated carbocycles. The van der Waals surface area contributed by atoms with Crippen LogP contribution in [0.2, 0.25) is 0 Å². The number of carboxylic acids is 1. The summed E-state index contributed by atoms with van der Waals surface area (Å²) in [6, 6.07) is 0. The molecule has 0 unspecified atom stereocenters. The number of hydrogen-bond acceptors (Lipinski definition) is 5. The van der Waals surface area contributed by atoms with Gasteiger partial charge in [-0.05, 0) is 0 Å². The second-order valence-corrected chi connectivity index (χ2v) is 3.01. The first-order valence-electron chi connectivity index (χ1n) is 4.88. The van der Waals surface area contributed by atoms with E-state index in [2.05, 4.69) is 15.4 Å². The Morgan fingerprint density at radius 2 is 1.82 bits per heavy atom. The third-order valence-electron chi connectivity index (χ3n) is 1.53. The lowest BCUT2D eigenvalue weighted by Crippen LogP contribution is -2.39. The summed E-state index contributed by atoms with van der Waals surface area (Å²) in [6.45, 7) is -0.369. The second kappa shape index (κ2) is 9.55. The van der Waals surface area contributed by atoms with Crippen molar-refractivity contribution in [3.8, 4) is 0 Å². The molecular formula is C9H16N2O6. The van der Waals surface area contributed by atoms with Crippen molar-refractivity contribution in [2.45, 2.75) is 0 Å². The first-order valence-corrected chi connectivity index (χ1v) is 4.88. The van der Waals surface area contributed by atoms with Gasteiger partial charge in [0.05, 0.1) is 13.2 Å². The van der Waals surface area contributed by atoms with E-state index in [4.69, 9.17) is 9.84 Å². The molecule has 0 bridgehead atoms. The molecule has 0 aliphatic rings. The Morgan fingerprint density at radius 3 is 2.41 bits per heavy atom. The Balaban J connectivity index is 3.48. The number of nitrogens with one attached hydrogen (secondary N) is 2. The zero-order chi connectivity index (χ0) is 13.1. The number of amides is 2. The highest BCUT2D eigenvalue weighted by Gasteiger charge is 2.06. The molecule has 0 aliphatic heterocycles. The van der Waals surface area contributed by atoms with Crippen LogP contribution in [-0.4, -0.2) is 62.9 Å². The van der Waals surface area contributed by atoms with Crippen LogP contribution in [0.5, 0.6) is 0 Å². The molecule has 0 aromatic carbocycles. The topological polar surface area (TPSA) is 114 Å². The Bertz CT molecular complexity index is 268. The monoisotopic (exact) mass is 248 g/mol. The molecule has 0 aromatic heterocycles. The number of carbonyl (C=O) groups is 3. The van der Waals surface area contributed by atoms with Crippen molar-refractivity contribution in [2.24, 2.45) is 0 Å². The quantitative estimate of drug-likeness (QED) is 0.405. The molecule has 0 aromatic rings. The maximum atomic E-state index is 11.1. The number of rotatable bonds is 9. The van der Waals surface area contributed by atoms with Crippen molar-refractivity contribution in [2.75, 3.05) is 40.0 Å². The number of hydrogen-bond donors (Lipinski definition) is 3. The van der Waals surface area contributed by atoms with Crippen LogP contribution in [-0.2, 0) is 23.9 Å². The van der Waals surface area contributed by atoms with Gasteiger partial charge >= 0.3 is 5.97 Å². The normalized spacial score (nSPS) is 9.71. The van der Waals surface area contributed by atoms with E-state index in [-0.39, 0.29) is 12.5 Å². The Hall–Kier alpha value is -1.67. The minimum Gasteiger partial charge on any atom is -0.480 e. The Kier molecular flexibility index (Phi) is 8.61. The fraction of sp³-hybridized carbons (Fsp3) is 0.667. The van der Waals surface area contributed by atoms with E-state index in [1.54, 1.807) is 0 Å². The summed E-state index contributed by atoms with van der Waals surface area (Å²) in [5.41, 5.74) is 0. The van der Waals surface area contributed by atoms with Gasteiger partial charge in [-0.1, -0.05) is 0 Å². The van der Waals surface area contributed by atoms with Gasteiger partial charge in [-0.15, -0.1) is 0 Å². The number of methoxy groups -OCH3 is 1. The SMILES string of the molecule is COCCNC(=O)CNC(=O)COCC(=O)O. The van der Waals surface area contributed by atoms with E-state index in [0.29, 0.717) is 13.2 Å². The summed E-state index contributed by atoms with van der Waals surface area (Å²) in [5, 5.41) is 13.0. The van der Waals surface area contributed by atoms with Crippen LogP contribution >= 0.6 is 0 Å². The van der Waals surface area contributed by atoms with Crippen molar-refractivity contribution < 1.29 is 29.0 Å². The van der Waals surface area contributed by atoms with E-state index < -0.39 is 25.1 Å². The molecule has 0 aliphatic carbocycles. The predicted molar refractivity (Wildman–Crippen MR) is 56.4 cm³/mol. The first-order chi connectivity index (χ1) is 8.06. The van der Waals surface area contributed by atoms with Crippen LogP contribution in [0.15, 0.2) is 0 Å². The second-order valence-electron chi connectivity index (χ2n) is 3.01. The minimum absolute atomic E-state index is 0.182. The largest absolute Gasteiger partial charge is 0.480 e. The van der Waals surface area contributed by atoms with Crippen molar-refractivity contribution >= 4 is 17.8 Å². The summed E-state index contributed by atoms with van der Waals surface area (Å²) in [7, 11) is 1.51. The zero-order valence-corrected chi connectivity index (χ0v) is 9.52. The van der Waals surface area contributed by atoms with Gasteiger partial charge in [0.2, 0.25) is 11.8 Å². The van der Waals surface area contributed by atoms with Gasteiger partial charge in [0, 0.05) is 13.7 Å². The van der Waals surface area contributed by atoms with Gasteiger partial charge in [0.1, 0.15) is 13.2 Å². The Labute approximate surface area is 98.3 Å². The number of ether oxygens (including phenoxy) is 2. The molecule has 2 amide bonds. The van der Waals surface area contributed by atoms with Crippen molar-refractivity contribution in [1.29, 1.82) is 0 Å². The standard InChI is InChI=1S/C9H16N2O6/c1-16-3-2-10-7(12)4-11-8(13)5-17-6-9(14)15/h2-6H2,1H3,(H,10,12)(H,11,13)(H,14,15).